The van der Waals surface area contributed by atoms with Crippen LogP contribution < -0.4 is 10.5 Å². The summed E-state index contributed by atoms with van der Waals surface area (Å²) in [5.74, 6) is 1.43. The van der Waals surface area contributed by atoms with Crippen LogP contribution >= 0.6 is 15.9 Å². The van der Waals surface area contributed by atoms with Gasteiger partial charge in [-0.15, -0.1) is 0 Å². The summed E-state index contributed by atoms with van der Waals surface area (Å²) >= 11 is 3.64. The summed E-state index contributed by atoms with van der Waals surface area (Å²) in [6.45, 7) is 5.21. The minimum Gasteiger partial charge on any atom is -0.496 e. The predicted molar refractivity (Wildman–Crippen MR) is 88.6 cm³/mol. The van der Waals surface area contributed by atoms with Gasteiger partial charge in [0.1, 0.15) is 5.75 Å². The summed E-state index contributed by atoms with van der Waals surface area (Å²) < 4.78 is 6.73. The number of ether oxygens (including phenoxy) is 1. The van der Waals surface area contributed by atoms with Crippen molar-refractivity contribution in [2.75, 3.05) is 13.7 Å². The number of rotatable bonds is 4. The van der Waals surface area contributed by atoms with Gasteiger partial charge in [-0.3, -0.25) is 0 Å². The first-order chi connectivity index (χ1) is 9.54. The van der Waals surface area contributed by atoms with Crippen LogP contribution in [0.25, 0.3) is 0 Å². The average Bonchev–Trinajstić information content (AvgIpc) is 2.46. The number of nitrogens with two attached hydrogens (primary N) is 1. The second-order valence-corrected chi connectivity index (χ2v) is 7.18. The smallest absolute Gasteiger partial charge is 0.123 e. The Morgan fingerprint density at radius 3 is 2.40 bits per heavy atom. The fourth-order valence-corrected chi connectivity index (χ4v) is 4.05. The molecule has 2 rings (SSSR count). The molecule has 3 heteroatoms. The van der Waals surface area contributed by atoms with Gasteiger partial charge in [-0.05, 0) is 36.5 Å². The maximum Gasteiger partial charge on any atom is 0.123 e. The lowest BCUT2D eigenvalue weighted by molar-refractivity contribution is 0.296. The Hall–Kier alpha value is -0.540. The zero-order chi connectivity index (χ0) is 14.8. The Morgan fingerprint density at radius 1 is 1.25 bits per heavy atom. The molecule has 0 radical (unpaired) electrons. The maximum absolute atomic E-state index is 6.22. The van der Waals surface area contributed by atoms with Crippen LogP contribution in [0.4, 0.5) is 0 Å². The maximum atomic E-state index is 6.22. The molecular formula is C17H26BrNO. The minimum atomic E-state index is 0.134. The van der Waals surface area contributed by atoms with Gasteiger partial charge >= 0.3 is 0 Å². The summed E-state index contributed by atoms with van der Waals surface area (Å²) in [6, 6.07) is 4.35. The fraction of sp³-hybridized carbons (Fsp3) is 0.647. The molecule has 0 unspecified atom stereocenters. The first-order valence-electron chi connectivity index (χ1n) is 7.62. The third-order valence-corrected chi connectivity index (χ3v) is 5.13. The Morgan fingerprint density at radius 2 is 1.90 bits per heavy atom. The van der Waals surface area contributed by atoms with E-state index in [4.69, 9.17) is 10.5 Å². The highest BCUT2D eigenvalue weighted by molar-refractivity contribution is 9.10. The van der Waals surface area contributed by atoms with E-state index in [0.717, 1.165) is 16.8 Å². The first-order valence-corrected chi connectivity index (χ1v) is 8.41. The second-order valence-electron chi connectivity index (χ2n) is 6.27. The molecule has 2 nitrogen and oxygen atoms in total. The molecule has 2 N–H and O–H groups in total. The molecule has 20 heavy (non-hydrogen) atoms. The van der Waals surface area contributed by atoms with Gasteiger partial charge in [0.05, 0.1) is 7.11 Å². The number of hydrogen-bond acceptors (Lipinski definition) is 2. The van der Waals surface area contributed by atoms with Crippen molar-refractivity contribution in [1.29, 1.82) is 0 Å². The SMILES string of the molecule is COc1cc(Br)cc(C2(CN)CCCCC2)c1C(C)C. The molecule has 1 aliphatic rings. The van der Waals surface area contributed by atoms with Crippen LogP contribution in [-0.2, 0) is 5.41 Å². The van der Waals surface area contributed by atoms with E-state index >= 15 is 0 Å². The standard InChI is InChI=1S/C17H26BrNO/c1-12(2)16-14(9-13(18)10-15(16)20-3)17(11-19)7-5-4-6-8-17/h9-10,12H,4-8,11,19H2,1-3H3. The van der Waals surface area contributed by atoms with E-state index in [1.165, 1.54) is 43.2 Å². The van der Waals surface area contributed by atoms with Crippen molar-refractivity contribution in [1.82, 2.24) is 0 Å². The Kier molecular flexibility index (Phi) is 5.14. The van der Waals surface area contributed by atoms with Crippen molar-refractivity contribution in [3.63, 3.8) is 0 Å². The highest BCUT2D eigenvalue weighted by Crippen LogP contribution is 2.45. The van der Waals surface area contributed by atoms with Crippen LogP contribution in [0.5, 0.6) is 5.75 Å². The van der Waals surface area contributed by atoms with E-state index in [-0.39, 0.29) is 5.41 Å². The van der Waals surface area contributed by atoms with Gasteiger partial charge in [0.2, 0.25) is 0 Å². The van der Waals surface area contributed by atoms with E-state index in [2.05, 4.69) is 41.9 Å². The number of benzene rings is 1. The number of methoxy groups -OCH3 is 1. The zero-order valence-electron chi connectivity index (χ0n) is 12.8. The van der Waals surface area contributed by atoms with Gasteiger partial charge in [-0.1, -0.05) is 49.0 Å². The molecule has 0 amide bonds. The lowest BCUT2D eigenvalue weighted by atomic mass is 9.67. The molecule has 1 aliphatic carbocycles. The van der Waals surface area contributed by atoms with Gasteiger partial charge in [-0.25, -0.2) is 0 Å². The van der Waals surface area contributed by atoms with E-state index in [9.17, 15) is 0 Å². The molecule has 0 spiro atoms. The monoisotopic (exact) mass is 339 g/mol. The lowest BCUT2D eigenvalue weighted by Gasteiger charge is -2.39. The number of hydrogen-bond donors (Lipinski definition) is 1. The van der Waals surface area contributed by atoms with Crippen molar-refractivity contribution in [3.8, 4) is 5.75 Å². The van der Waals surface area contributed by atoms with Crippen LogP contribution in [0.1, 0.15) is 63.0 Å². The molecule has 0 saturated heterocycles. The normalized spacial score (nSPS) is 18.3. The Bertz CT molecular complexity index is 464. The molecule has 0 aliphatic heterocycles. The van der Waals surface area contributed by atoms with Crippen LogP contribution in [-0.4, -0.2) is 13.7 Å². The molecule has 1 aromatic rings. The third kappa shape index (κ3) is 2.89. The van der Waals surface area contributed by atoms with E-state index in [1.807, 2.05) is 0 Å². The average molecular weight is 340 g/mol. The highest BCUT2D eigenvalue weighted by Gasteiger charge is 2.36. The summed E-state index contributed by atoms with van der Waals surface area (Å²) in [4.78, 5) is 0. The van der Waals surface area contributed by atoms with Gasteiger partial charge in [0.15, 0.2) is 0 Å². The van der Waals surface area contributed by atoms with Crippen molar-refractivity contribution in [2.24, 2.45) is 5.73 Å². The van der Waals surface area contributed by atoms with Gasteiger partial charge in [-0.2, -0.15) is 0 Å². The van der Waals surface area contributed by atoms with Gasteiger partial charge < -0.3 is 10.5 Å². The van der Waals surface area contributed by atoms with Gasteiger partial charge in [0.25, 0.3) is 0 Å². The topological polar surface area (TPSA) is 35.2 Å². The van der Waals surface area contributed by atoms with Crippen molar-refractivity contribution in [3.05, 3.63) is 27.7 Å². The van der Waals surface area contributed by atoms with E-state index < -0.39 is 0 Å². The van der Waals surface area contributed by atoms with Crippen LogP contribution in [0, 0.1) is 0 Å². The van der Waals surface area contributed by atoms with E-state index in [0.29, 0.717) is 5.92 Å². The molecule has 0 heterocycles. The largest absolute Gasteiger partial charge is 0.496 e. The van der Waals surface area contributed by atoms with Gasteiger partial charge in [0, 0.05) is 22.0 Å². The highest BCUT2D eigenvalue weighted by atomic mass is 79.9. The summed E-state index contributed by atoms with van der Waals surface area (Å²) in [6.07, 6.45) is 6.29. The first kappa shape index (κ1) is 15.8. The van der Waals surface area contributed by atoms with Crippen molar-refractivity contribution < 1.29 is 4.74 Å². The zero-order valence-corrected chi connectivity index (χ0v) is 14.4. The Labute approximate surface area is 131 Å². The second kappa shape index (κ2) is 6.48. The Balaban J connectivity index is 2.61. The summed E-state index contributed by atoms with van der Waals surface area (Å²) in [5, 5.41) is 0. The summed E-state index contributed by atoms with van der Waals surface area (Å²) in [7, 11) is 1.76. The van der Waals surface area contributed by atoms with Crippen LogP contribution in [0.15, 0.2) is 16.6 Å². The van der Waals surface area contributed by atoms with Crippen LogP contribution in [0.2, 0.25) is 0 Å². The minimum absolute atomic E-state index is 0.134. The van der Waals surface area contributed by atoms with Crippen molar-refractivity contribution in [2.45, 2.75) is 57.3 Å². The molecule has 0 aromatic heterocycles. The molecule has 0 bridgehead atoms. The van der Waals surface area contributed by atoms with E-state index in [1.54, 1.807) is 7.11 Å². The summed E-state index contributed by atoms with van der Waals surface area (Å²) in [5.41, 5.74) is 9.10. The molecule has 1 fully saturated rings. The molecular weight excluding hydrogens is 314 g/mol. The molecule has 112 valence electrons. The molecule has 1 aromatic carbocycles. The molecule has 0 atom stereocenters. The third-order valence-electron chi connectivity index (χ3n) is 4.68. The predicted octanol–water partition coefficient (Wildman–Crippen LogP) is 4.74. The molecule has 1 saturated carbocycles. The lowest BCUT2D eigenvalue weighted by Crippen LogP contribution is -2.38. The number of halogens is 1. The quantitative estimate of drug-likeness (QED) is 0.859. The van der Waals surface area contributed by atoms with Crippen molar-refractivity contribution >= 4 is 15.9 Å². The fourth-order valence-electron chi connectivity index (χ4n) is 3.61. The van der Waals surface area contributed by atoms with Crippen LogP contribution in [0.3, 0.4) is 0 Å².